The van der Waals surface area contributed by atoms with E-state index in [4.69, 9.17) is 0 Å². The summed E-state index contributed by atoms with van der Waals surface area (Å²) in [7, 11) is 0. The van der Waals surface area contributed by atoms with Crippen LogP contribution in [0.1, 0.15) is 26.2 Å². The molecule has 0 aromatic rings. The summed E-state index contributed by atoms with van der Waals surface area (Å²) in [4.78, 5) is 18.4. The average molecular weight is 481 g/mol. The van der Waals surface area contributed by atoms with Crippen LogP contribution in [0.15, 0.2) is 116 Å². The van der Waals surface area contributed by atoms with Crippen LogP contribution in [0.25, 0.3) is 0 Å². The smallest absolute Gasteiger partial charge is 0.343 e. The quantitative estimate of drug-likeness (QED) is 0.366. The number of fused-ring (bicyclic) bond motifs is 4. The minimum atomic E-state index is 0. The maximum Gasteiger partial charge on any atom is 1.00 e. The van der Waals surface area contributed by atoms with Gasteiger partial charge in [-0.25, -0.2) is 20.0 Å². The third kappa shape index (κ3) is 5.64. The largest absolute Gasteiger partial charge is 1.00 e. The molecule has 0 aromatic carbocycles. The summed E-state index contributed by atoms with van der Waals surface area (Å²) in [5.74, 6) is 0. The van der Waals surface area contributed by atoms with Gasteiger partial charge in [0, 0.05) is 0 Å². The Labute approximate surface area is 190 Å². The summed E-state index contributed by atoms with van der Waals surface area (Å²) in [6, 6.07) is 0. The molecule has 0 aromatic heterocycles. The number of rotatable bonds is 2. The van der Waals surface area contributed by atoms with Gasteiger partial charge in [0.25, 0.3) is 0 Å². The maximum absolute atomic E-state index is 4.59. The molecule has 0 atom stereocenters. The van der Waals surface area contributed by atoms with Crippen molar-refractivity contribution >= 4 is 22.8 Å². The van der Waals surface area contributed by atoms with Crippen LogP contribution in [-0.4, -0.2) is 22.8 Å². The van der Waals surface area contributed by atoms with E-state index < -0.39 is 0 Å². The van der Waals surface area contributed by atoms with Gasteiger partial charge in [0.15, 0.2) is 0 Å². The van der Waals surface area contributed by atoms with E-state index in [9.17, 15) is 0 Å². The summed E-state index contributed by atoms with van der Waals surface area (Å²) in [5.41, 5.74) is 7.15. The molecule has 4 nitrogen and oxygen atoms in total. The molecule has 0 unspecified atom stereocenters. The number of hydrogen-bond acceptors (Lipinski definition) is 4. The Morgan fingerprint density at radius 1 is 0.567 bits per heavy atom. The van der Waals surface area contributed by atoms with Gasteiger partial charge < -0.3 is 6.92 Å². The van der Waals surface area contributed by atoms with Crippen LogP contribution >= 0.6 is 0 Å². The van der Waals surface area contributed by atoms with Gasteiger partial charge in [-0.15, -0.1) is 0 Å². The predicted octanol–water partition coefficient (Wildman–Crippen LogP) is 5.59. The molecule has 0 saturated heterocycles. The normalized spacial score (nSPS) is 19.5. The molecule has 0 aliphatic carbocycles. The molecule has 0 amide bonds. The summed E-state index contributed by atoms with van der Waals surface area (Å²) in [6.07, 6.45) is 27.5. The number of allylic oxidation sites excluding steroid dienone is 12. The van der Waals surface area contributed by atoms with Crippen LogP contribution in [0.4, 0.5) is 0 Å². The van der Waals surface area contributed by atoms with Crippen molar-refractivity contribution < 1.29 is 19.5 Å². The van der Waals surface area contributed by atoms with Gasteiger partial charge in [-0.2, -0.15) is 6.42 Å². The molecular weight excluding hydrogens is 457 g/mol. The zero-order chi connectivity index (χ0) is 20.1. The number of hydrogen-bond donors (Lipinski definition) is 0. The Bertz CT molecular complexity index is 894. The molecule has 0 N–H and O–H groups in total. The van der Waals surface area contributed by atoms with Crippen molar-refractivity contribution in [3.63, 3.8) is 0 Å². The Morgan fingerprint density at radius 3 is 1.07 bits per heavy atom. The second-order valence-electron chi connectivity index (χ2n) is 6.96. The summed E-state index contributed by atoms with van der Waals surface area (Å²) >= 11 is 0. The number of nitrogens with zero attached hydrogens (tertiary/aromatic N) is 4. The molecule has 0 saturated carbocycles. The first-order valence-electron chi connectivity index (χ1n) is 9.95. The van der Waals surface area contributed by atoms with E-state index in [-0.39, 0.29) is 19.5 Å². The topological polar surface area (TPSA) is 49.4 Å². The predicted molar refractivity (Wildman–Crippen MR) is 124 cm³/mol. The first kappa shape index (κ1) is 21.9. The summed E-state index contributed by atoms with van der Waals surface area (Å²) in [6.45, 7) is 5.85. The van der Waals surface area contributed by atoms with E-state index in [1.807, 2.05) is 72.9 Å². The molecule has 5 heterocycles. The molecule has 5 aliphatic heterocycles. The zero-order valence-electron chi connectivity index (χ0n) is 16.9. The molecule has 5 rings (SSSR count). The minimum Gasteiger partial charge on any atom is -0.343 e. The van der Waals surface area contributed by atoms with Crippen LogP contribution in [0.3, 0.4) is 0 Å². The van der Waals surface area contributed by atoms with Gasteiger partial charge in [-0.1, -0.05) is 19.8 Å². The van der Waals surface area contributed by atoms with Crippen molar-refractivity contribution in [1.82, 2.24) is 0 Å². The fourth-order valence-corrected chi connectivity index (χ4v) is 3.08. The second-order valence-corrected chi connectivity index (χ2v) is 6.96. The molecule has 8 bridgehead atoms. The SMILES string of the molecule is C1=CC2=NC1=CC1=NC(=CC3=NC(=CC4=NC(=C2)C=C4)C=C3)C=C1.[CH2-]CCCC.[Ru+]. The number of aliphatic imine (C=N–C) groups is 4. The second kappa shape index (κ2) is 10.3. The Morgan fingerprint density at radius 2 is 0.867 bits per heavy atom. The molecule has 0 spiro atoms. The fraction of sp³-hybridized carbons (Fsp3) is 0.160. The first-order chi connectivity index (χ1) is 14.2. The first-order valence-corrected chi connectivity index (χ1v) is 9.95. The van der Waals surface area contributed by atoms with Gasteiger partial charge in [0.05, 0.1) is 45.6 Å². The summed E-state index contributed by atoms with van der Waals surface area (Å²) < 4.78 is 0. The Kier molecular flexibility index (Phi) is 7.53. The van der Waals surface area contributed by atoms with Crippen LogP contribution in [0.5, 0.6) is 0 Å². The van der Waals surface area contributed by atoms with Crippen LogP contribution in [-0.2, 0) is 19.5 Å². The number of unbranched alkanes of at least 4 members (excludes halogenated alkanes) is 2. The maximum atomic E-state index is 4.59. The van der Waals surface area contributed by atoms with E-state index in [1.54, 1.807) is 0 Å². The van der Waals surface area contributed by atoms with Gasteiger partial charge >= 0.3 is 19.5 Å². The Balaban J connectivity index is 0.000000386. The Hall–Kier alpha value is -2.78. The zero-order valence-corrected chi connectivity index (χ0v) is 18.6. The fourth-order valence-electron chi connectivity index (χ4n) is 3.08. The van der Waals surface area contributed by atoms with Gasteiger partial charge in [-0.3, -0.25) is 0 Å². The molecule has 5 heteroatoms. The van der Waals surface area contributed by atoms with E-state index in [0.717, 1.165) is 52.1 Å². The molecule has 1 radical (unpaired) electrons. The van der Waals surface area contributed by atoms with Crippen molar-refractivity contribution in [2.24, 2.45) is 20.0 Å². The van der Waals surface area contributed by atoms with Crippen LogP contribution < -0.4 is 0 Å². The van der Waals surface area contributed by atoms with Crippen molar-refractivity contribution in [3.05, 3.63) is 103 Å². The third-order valence-corrected chi connectivity index (χ3v) is 4.52. The minimum absolute atomic E-state index is 0. The van der Waals surface area contributed by atoms with Crippen LogP contribution in [0, 0.1) is 6.92 Å². The van der Waals surface area contributed by atoms with Crippen molar-refractivity contribution in [1.29, 1.82) is 0 Å². The van der Waals surface area contributed by atoms with E-state index >= 15 is 0 Å². The summed E-state index contributed by atoms with van der Waals surface area (Å²) in [5, 5.41) is 0. The van der Waals surface area contributed by atoms with Crippen molar-refractivity contribution in [2.75, 3.05) is 0 Å². The van der Waals surface area contributed by atoms with E-state index in [0.29, 0.717) is 0 Å². The van der Waals surface area contributed by atoms with E-state index in [1.165, 1.54) is 12.8 Å². The average Bonchev–Trinajstić information content (AvgIpc) is 3.48. The third-order valence-electron chi connectivity index (χ3n) is 4.52. The molecule has 5 aliphatic rings. The van der Waals surface area contributed by atoms with Gasteiger partial charge in [0.1, 0.15) is 0 Å². The molecule has 0 fully saturated rings. The molecule has 30 heavy (non-hydrogen) atoms. The monoisotopic (exact) mass is 481 g/mol. The molecule has 151 valence electrons. The van der Waals surface area contributed by atoms with Crippen LogP contribution in [0.2, 0.25) is 0 Å². The van der Waals surface area contributed by atoms with Gasteiger partial charge in [-0.05, 0) is 72.9 Å². The van der Waals surface area contributed by atoms with E-state index in [2.05, 4.69) is 33.8 Å². The van der Waals surface area contributed by atoms with Crippen molar-refractivity contribution in [2.45, 2.75) is 26.2 Å². The van der Waals surface area contributed by atoms with Crippen molar-refractivity contribution in [3.8, 4) is 0 Å². The molecular formula is C25H23N4Ru. The van der Waals surface area contributed by atoms with Gasteiger partial charge in [0.2, 0.25) is 0 Å². The standard InChI is InChI=1S/C20H12N4.C5H11.Ru/c1-2-14-10-16-5-6-18(23-16)12-20-8-7-19(24-20)11-17-4-3-15(22-17)9-13(1)21-14;1-3-5-4-2;/h1-12H;1,3-5H2,2H3;/q;-1;+1.